The zero-order valence-electron chi connectivity index (χ0n) is 24.8. The Hall–Kier alpha value is -3.08. The number of carbonyl (C=O) groups excluding carboxylic acids is 6. The number of hydrogen-bond acceptors (Lipinski definition) is 7. The van der Waals surface area contributed by atoms with Crippen LogP contribution in [0.1, 0.15) is 75.2 Å². The van der Waals surface area contributed by atoms with Crippen LogP contribution in [0.15, 0.2) is 12.2 Å². The number of carbonyl (C=O) groups is 6. The number of Topliss-reactive ketones (excluding diaryl/α,β-unsaturated/α-hetero) is 1. The summed E-state index contributed by atoms with van der Waals surface area (Å²) >= 11 is 0. The molecule has 0 saturated carbocycles. The summed E-state index contributed by atoms with van der Waals surface area (Å²) in [5.74, 6) is -2.42. The van der Waals surface area contributed by atoms with Gasteiger partial charge in [0.15, 0.2) is 5.78 Å². The molecule has 1 aliphatic heterocycles. The quantitative estimate of drug-likeness (QED) is 0.246. The molecule has 1 aliphatic rings. The fourth-order valence-corrected chi connectivity index (χ4v) is 3.72. The third-order valence-corrected chi connectivity index (χ3v) is 6.54. The first-order valence-corrected chi connectivity index (χ1v) is 13.5. The SMILES string of the molecule is CC(C)C(=O)[C@H](C)NC(=O)[C@@H](NC(=O)C(C)(C)COC(C)(C)CCNC(=O)CCN1C(=O)C=CC1=O)C(C)C. The van der Waals surface area contributed by atoms with Crippen LogP contribution >= 0.6 is 0 Å². The zero-order valence-corrected chi connectivity index (χ0v) is 24.8. The number of nitrogens with zero attached hydrogens (tertiary/aromatic N) is 1. The second kappa shape index (κ2) is 14.3. The van der Waals surface area contributed by atoms with Crippen LogP contribution in [0.25, 0.3) is 0 Å². The van der Waals surface area contributed by atoms with Crippen LogP contribution in [0, 0.1) is 17.3 Å². The molecule has 0 bridgehead atoms. The molecule has 0 spiro atoms. The Bertz CT molecular complexity index is 951. The molecule has 0 unspecified atom stereocenters. The van der Waals surface area contributed by atoms with Crippen molar-refractivity contribution in [1.82, 2.24) is 20.9 Å². The Morgan fingerprint density at radius 2 is 1.49 bits per heavy atom. The van der Waals surface area contributed by atoms with E-state index in [-0.39, 0.29) is 49.0 Å². The fourth-order valence-electron chi connectivity index (χ4n) is 3.72. The maximum atomic E-state index is 13.1. The molecule has 1 rings (SSSR count). The molecule has 5 amide bonds. The largest absolute Gasteiger partial charge is 0.374 e. The molecular weight excluding hydrogens is 504 g/mol. The monoisotopic (exact) mass is 550 g/mol. The third-order valence-electron chi connectivity index (χ3n) is 6.54. The van der Waals surface area contributed by atoms with Gasteiger partial charge in [-0.2, -0.15) is 0 Å². The van der Waals surface area contributed by atoms with Gasteiger partial charge >= 0.3 is 0 Å². The third kappa shape index (κ3) is 10.9. The summed E-state index contributed by atoms with van der Waals surface area (Å²) in [6.45, 7) is 16.3. The summed E-state index contributed by atoms with van der Waals surface area (Å²) in [6.07, 6.45) is 2.81. The Balaban J connectivity index is 2.56. The minimum Gasteiger partial charge on any atom is -0.374 e. The van der Waals surface area contributed by atoms with E-state index in [4.69, 9.17) is 4.74 Å². The number of hydrogen-bond donors (Lipinski definition) is 3. The minimum atomic E-state index is -0.962. The zero-order chi connectivity index (χ0) is 30.1. The van der Waals surface area contributed by atoms with Crippen molar-refractivity contribution in [2.45, 2.75) is 92.8 Å². The van der Waals surface area contributed by atoms with Crippen molar-refractivity contribution in [2.24, 2.45) is 17.3 Å². The van der Waals surface area contributed by atoms with Crippen molar-refractivity contribution in [1.29, 1.82) is 0 Å². The van der Waals surface area contributed by atoms with Crippen molar-refractivity contribution < 1.29 is 33.5 Å². The average molecular weight is 551 g/mol. The number of imide groups is 1. The second-order valence-corrected chi connectivity index (χ2v) is 11.9. The van der Waals surface area contributed by atoms with E-state index >= 15 is 0 Å². The van der Waals surface area contributed by atoms with E-state index in [9.17, 15) is 28.8 Å². The van der Waals surface area contributed by atoms with Crippen molar-refractivity contribution in [3.05, 3.63) is 12.2 Å². The smallest absolute Gasteiger partial charge is 0.253 e. The van der Waals surface area contributed by atoms with Gasteiger partial charge in [0.2, 0.25) is 17.7 Å². The van der Waals surface area contributed by atoms with Crippen LogP contribution < -0.4 is 16.0 Å². The Labute approximate surface area is 231 Å². The number of ether oxygens (including phenoxy) is 1. The Kier molecular flexibility index (Phi) is 12.5. The highest BCUT2D eigenvalue weighted by molar-refractivity contribution is 6.13. The van der Waals surface area contributed by atoms with Gasteiger partial charge in [0.05, 0.1) is 23.7 Å². The molecule has 0 aromatic heterocycles. The number of amides is 5. The van der Waals surface area contributed by atoms with E-state index < -0.39 is 40.8 Å². The number of rotatable bonds is 16. The molecule has 3 N–H and O–H groups in total. The van der Waals surface area contributed by atoms with Gasteiger partial charge < -0.3 is 20.7 Å². The molecule has 39 heavy (non-hydrogen) atoms. The summed E-state index contributed by atoms with van der Waals surface area (Å²) in [6, 6.07) is -1.47. The van der Waals surface area contributed by atoms with E-state index in [0.717, 1.165) is 4.90 Å². The molecule has 0 aromatic carbocycles. The van der Waals surface area contributed by atoms with E-state index in [1.54, 1.807) is 34.6 Å². The summed E-state index contributed by atoms with van der Waals surface area (Å²) in [7, 11) is 0. The molecule has 0 aromatic rings. The first kappa shape index (κ1) is 33.9. The van der Waals surface area contributed by atoms with Crippen molar-refractivity contribution >= 4 is 35.3 Å². The lowest BCUT2D eigenvalue weighted by atomic mass is 9.91. The van der Waals surface area contributed by atoms with Crippen LogP contribution in [0.4, 0.5) is 0 Å². The summed E-state index contributed by atoms with van der Waals surface area (Å²) in [5, 5.41) is 8.28. The molecule has 0 aliphatic carbocycles. The van der Waals surface area contributed by atoms with Crippen LogP contribution in [0.5, 0.6) is 0 Å². The van der Waals surface area contributed by atoms with Crippen LogP contribution in [0.3, 0.4) is 0 Å². The lowest BCUT2D eigenvalue weighted by Crippen LogP contribution is -2.56. The van der Waals surface area contributed by atoms with Gasteiger partial charge in [-0.15, -0.1) is 0 Å². The van der Waals surface area contributed by atoms with Gasteiger partial charge in [-0.05, 0) is 47.0 Å². The van der Waals surface area contributed by atoms with Gasteiger partial charge in [-0.25, -0.2) is 0 Å². The molecule has 1 heterocycles. The molecule has 0 saturated heterocycles. The minimum absolute atomic E-state index is 0.00263. The maximum absolute atomic E-state index is 13.1. The molecule has 11 nitrogen and oxygen atoms in total. The summed E-state index contributed by atoms with van der Waals surface area (Å²) < 4.78 is 6.03. The normalized spacial score (nSPS) is 15.5. The van der Waals surface area contributed by atoms with Gasteiger partial charge in [-0.1, -0.05) is 27.7 Å². The van der Waals surface area contributed by atoms with Crippen LogP contribution in [-0.4, -0.2) is 77.6 Å². The average Bonchev–Trinajstić information content (AvgIpc) is 3.15. The topological polar surface area (TPSA) is 151 Å². The van der Waals surface area contributed by atoms with Crippen LogP contribution in [0.2, 0.25) is 0 Å². The lowest BCUT2D eigenvalue weighted by molar-refractivity contribution is -0.141. The highest BCUT2D eigenvalue weighted by Crippen LogP contribution is 2.23. The van der Waals surface area contributed by atoms with E-state index in [1.165, 1.54) is 12.2 Å². The molecule has 220 valence electrons. The highest BCUT2D eigenvalue weighted by Gasteiger charge is 2.35. The van der Waals surface area contributed by atoms with Gasteiger partial charge in [0.1, 0.15) is 6.04 Å². The molecular formula is C28H46N4O7. The number of nitrogens with one attached hydrogen (secondary N) is 3. The second-order valence-electron chi connectivity index (χ2n) is 11.9. The Morgan fingerprint density at radius 3 is 2.00 bits per heavy atom. The molecule has 0 fully saturated rings. The molecule has 0 radical (unpaired) electrons. The van der Waals surface area contributed by atoms with E-state index in [2.05, 4.69) is 16.0 Å². The lowest BCUT2D eigenvalue weighted by Gasteiger charge is -2.33. The molecule has 2 atom stereocenters. The summed E-state index contributed by atoms with van der Waals surface area (Å²) in [4.78, 5) is 74.4. The summed E-state index contributed by atoms with van der Waals surface area (Å²) in [5.41, 5.74) is -1.63. The number of ketones is 1. The standard InChI is InChI=1S/C28H46N4O7/c1-17(2)23(25(37)30-19(5)24(36)18(3)4)31-26(38)27(6,7)16-39-28(8,9)13-14-29-20(33)12-15-32-21(34)10-11-22(32)35/h10-11,17-19,23H,12-16H2,1-9H3,(H,29,33)(H,30,37)(H,31,38)/t19-,23-/m0/s1. The Morgan fingerprint density at radius 1 is 0.923 bits per heavy atom. The van der Waals surface area contributed by atoms with Crippen LogP contribution in [-0.2, 0) is 33.5 Å². The van der Waals surface area contributed by atoms with E-state index in [1.807, 2.05) is 27.7 Å². The van der Waals surface area contributed by atoms with Gasteiger partial charge in [0.25, 0.3) is 11.8 Å². The van der Waals surface area contributed by atoms with E-state index in [0.29, 0.717) is 13.0 Å². The van der Waals surface area contributed by atoms with Gasteiger partial charge in [0, 0.05) is 37.6 Å². The first-order chi connectivity index (χ1) is 17.9. The first-order valence-electron chi connectivity index (χ1n) is 13.5. The van der Waals surface area contributed by atoms with Crippen molar-refractivity contribution in [3.8, 4) is 0 Å². The van der Waals surface area contributed by atoms with Crippen molar-refractivity contribution in [2.75, 3.05) is 19.7 Å². The maximum Gasteiger partial charge on any atom is 0.253 e. The van der Waals surface area contributed by atoms with Gasteiger partial charge in [-0.3, -0.25) is 33.7 Å². The highest BCUT2D eigenvalue weighted by atomic mass is 16.5. The molecule has 11 heteroatoms. The van der Waals surface area contributed by atoms with Crippen molar-refractivity contribution in [3.63, 3.8) is 0 Å². The predicted molar refractivity (Wildman–Crippen MR) is 146 cm³/mol. The predicted octanol–water partition coefficient (Wildman–Crippen LogP) is 1.50. The fraction of sp³-hybridized carbons (Fsp3) is 0.714.